The van der Waals surface area contributed by atoms with Crippen molar-refractivity contribution >= 4 is 18.3 Å². The van der Waals surface area contributed by atoms with Crippen molar-refractivity contribution in [3.8, 4) is 11.6 Å². The van der Waals surface area contributed by atoms with Gasteiger partial charge in [0.05, 0.1) is 6.61 Å². The van der Waals surface area contributed by atoms with E-state index in [2.05, 4.69) is 11.6 Å². The molecule has 0 bridgehead atoms. The van der Waals surface area contributed by atoms with Crippen molar-refractivity contribution in [3.63, 3.8) is 0 Å². The first kappa shape index (κ1) is 11.4. The highest BCUT2D eigenvalue weighted by Gasteiger charge is 2.06. The normalized spacial score (nSPS) is 13.9. The van der Waals surface area contributed by atoms with Crippen LogP contribution in [0.3, 0.4) is 0 Å². The van der Waals surface area contributed by atoms with Gasteiger partial charge in [-0.15, -0.1) is 0 Å². The van der Waals surface area contributed by atoms with Gasteiger partial charge in [-0.3, -0.25) is 0 Å². The van der Waals surface area contributed by atoms with Gasteiger partial charge in [-0.1, -0.05) is 24.1 Å². The predicted molar refractivity (Wildman–Crippen MR) is 61.4 cm³/mol. The molecule has 1 aromatic carbocycles. The van der Waals surface area contributed by atoms with Crippen molar-refractivity contribution in [2.45, 2.75) is 6.92 Å². The lowest BCUT2D eigenvalue weighted by atomic mass is 10.2. The summed E-state index contributed by atoms with van der Waals surface area (Å²) in [4.78, 5) is 9.51. The topological polar surface area (TPSA) is 29.5 Å². The quantitative estimate of drug-likeness (QED) is 0.620. The Hall–Kier alpha value is -0.650. The molecular formula is C10H11O2PS. The first-order chi connectivity index (χ1) is 6.64. The van der Waals surface area contributed by atoms with Crippen LogP contribution in [0.1, 0.15) is 12.5 Å². The van der Waals surface area contributed by atoms with Gasteiger partial charge >= 0.3 is 0 Å². The van der Waals surface area contributed by atoms with E-state index in [1.807, 2.05) is 30.3 Å². The van der Waals surface area contributed by atoms with Crippen LogP contribution in [-0.4, -0.2) is 11.5 Å². The Balaban J connectivity index is 2.78. The first-order valence-corrected chi connectivity index (χ1v) is 6.87. The monoisotopic (exact) mass is 226 g/mol. The third-order valence-electron chi connectivity index (χ3n) is 1.42. The Morgan fingerprint density at radius 3 is 2.64 bits per heavy atom. The molecule has 4 heteroatoms. The zero-order valence-electron chi connectivity index (χ0n) is 7.80. The summed E-state index contributed by atoms with van der Waals surface area (Å²) < 4.78 is 4.96. The van der Waals surface area contributed by atoms with Crippen LogP contribution in [0, 0.1) is 11.6 Å². The van der Waals surface area contributed by atoms with Crippen LogP contribution < -0.4 is 0 Å². The van der Waals surface area contributed by atoms with E-state index >= 15 is 0 Å². The molecule has 0 saturated heterocycles. The lowest BCUT2D eigenvalue weighted by Gasteiger charge is -2.05. The van der Waals surface area contributed by atoms with Crippen molar-refractivity contribution in [1.82, 2.24) is 0 Å². The zero-order chi connectivity index (χ0) is 10.4. The summed E-state index contributed by atoms with van der Waals surface area (Å²) >= 11 is 4.81. The number of rotatable bonds is 2. The van der Waals surface area contributed by atoms with Crippen molar-refractivity contribution in [1.29, 1.82) is 0 Å². The van der Waals surface area contributed by atoms with E-state index in [0.717, 1.165) is 5.56 Å². The molecule has 14 heavy (non-hydrogen) atoms. The fourth-order valence-corrected chi connectivity index (χ4v) is 2.00. The summed E-state index contributed by atoms with van der Waals surface area (Å²) in [7, 11) is 0. The lowest BCUT2D eigenvalue weighted by molar-refractivity contribution is 0.336. The van der Waals surface area contributed by atoms with Gasteiger partial charge in [0.15, 0.2) is 0 Å². The van der Waals surface area contributed by atoms with Gasteiger partial charge in [0, 0.05) is 5.56 Å². The van der Waals surface area contributed by atoms with E-state index in [1.165, 1.54) is 0 Å². The van der Waals surface area contributed by atoms with E-state index in [9.17, 15) is 4.89 Å². The smallest absolute Gasteiger partial charge is 0.261 e. The summed E-state index contributed by atoms with van der Waals surface area (Å²) in [6.45, 7) is -0.720. The van der Waals surface area contributed by atoms with Crippen LogP contribution in [0.5, 0.6) is 0 Å². The Bertz CT molecular complexity index is 392. The van der Waals surface area contributed by atoms with Crippen molar-refractivity contribution < 1.29 is 9.42 Å². The molecule has 1 aromatic rings. The van der Waals surface area contributed by atoms with Gasteiger partial charge in [-0.2, -0.15) is 0 Å². The number of hydrogen-bond donors (Lipinski definition) is 1. The fourth-order valence-electron chi connectivity index (χ4n) is 0.864. The molecule has 1 N–H and O–H groups in total. The van der Waals surface area contributed by atoms with E-state index in [0.29, 0.717) is 6.61 Å². The Labute approximate surface area is 89.1 Å². The molecule has 0 amide bonds. The molecule has 0 radical (unpaired) electrons. The molecule has 0 aliphatic heterocycles. The maximum Gasteiger partial charge on any atom is 0.261 e. The highest BCUT2D eigenvalue weighted by molar-refractivity contribution is 8.11. The molecule has 74 valence electrons. The largest absolute Gasteiger partial charge is 0.336 e. The first-order valence-electron chi connectivity index (χ1n) is 4.20. The molecule has 0 aliphatic carbocycles. The Morgan fingerprint density at radius 2 is 2.07 bits per heavy atom. The molecule has 0 saturated carbocycles. The maximum atomic E-state index is 9.51. The van der Waals surface area contributed by atoms with E-state index in [1.54, 1.807) is 6.92 Å². The van der Waals surface area contributed by atoms with Crippen LogP contribution in [0.25, 0.3) is 0 Å². The average molecular weight is 226 g/mol. The van der Waals surface area contributed by atoms with Crippen LogP contribution in [0.4, 0.5) is 0 Å². The minimum absolute atomic E-state index is 0.386. The van der Waals surface area contributed by atoms with E-state index < -0.39 is 6.49 Å². The van der Waals surface area contributed by atoms with Gasteiger partial charge in [-0.25, -0.2) is 0 Å². The molecule has 0 heterocycles. The van der Waals surface area contributed by atoms with Gasteiger partial charge < -0.3 is 9.42 Å². The SMILES string of the molecule is CCOP(O)(=S)C#Cc1ccccc1. The molecule has 0 aromatic heterocycles. The second kappa shape index (κ2) is 5.29. The summed E-state index contributed by atoms with van der Waals surface area (Å²) in [5.41, 5.74) is 3.41. The van der Waals surface area contributed by atoms with Gasteiger partial charge in [0.25, 0.3) is 6.49 Å². The average Bonchev–Trinajstić information content (AvgIpc) is 2.17. The Morgan fingerprint density at radius 1 is 1.43 bits per heavy atom. The summed E-state index contributed by atoms with van der Waals surface area (Å²) in [5.74, 6) is 2.79. The highest BCUT2D eigenvalue weighted by atomic mass is 32.5. The lowest BCUT2D eigenvalue weighted by Crippen LogP contribution is -1.84. The summed E-state index contributed by atoms with van der Waals surface area (Å²) in [6, 6.07) is 9.38. The molecular weight excluding hydrogens is 215 g/mol. The third kappa shape index (κ3) is 4.04. The molecule has 0 aliphatic rings. The molecule has 1 rings (SSSR count). The minimum Gasteiger partial charge on any atom is -0.336 e. The number of hydrogen-bond acceptors (Lipinski definition) is 2. The van der Waals surface area contributed by atoms with Crippen molar-refractivity contribution in [2.75, 3.05) is 6.61 Å². The summed E-state index contributed by atoms with van der Waals surface area (Å²) in [6.07, 6.45) is 0. The maximum absolute atomic E-state index is 9.51. The summed E-state index contributed by atoms with van der Waals surface area (Å²) in [5, 5.41) is 0. The molecule has 2 nitrogen and oxygen atoms in total. The zero-order valence-corrected chi connectivity index (χ0v) is 9.52. The predicted octanol–water partition coefficient (Wildman–Crippen LogP) is 2.33. The van der Waals surface area contributed by atoms with E-state index in [4.69, 9.17) is 16.3 Å². The number of benzene rings is 1. The minimum atomic E-state index is -2.89. The van der Waals surface area contributed by atoms with Gasteiger partial charge in [0.2, 0.25) is 0 Å². The van der Waals surface area contributed by atoms with Crippen LogP contribution in [0.2, 0.25) is 0 Å². The highest BCUT2D eigenvalue weighted by Crippen LogP contribution is 2.40. The van der Waals surface area contributed by atoms with Crippen LogP contribution >= 0.6 is 6.49 Å². The Kier molecular flexibility index (Phi) is 4.31. The molecule has 0 fully saturated rings. The molecule has 0 spiro atoms. The van der Waals surface area contributed by atoms with Crippen molar-refractivity contribution in [3.05, 3.63) is 35.9 Å². The van der Waals surface area contributed by atoms with Gasteiger partial charge in [-0.05, 0) is 36.5 Å². The second-order valence-corrected chi connectivity index (χ2v) is 5.55. The van der Waals surface area contributed by atoms with Crippen LogP contribution in [0.15, 0.2) is 30.3 Å². The molecule has 1 atom stereocenters. The standard InChI is InChI=1S/C10H11O2PS/c1-2-12-13(11,14)9-8-10-6-4-3-5-7-10/h3-7H,2H2,1H3,(H,11,14). The van der Waals surface area contributed by atoms with Crippen molar-refractivity contribution in [2.24, 2.45) is 0 Å². The second-order valence-electron chi connectivity index (χ2n) is 2.54. The third-order valence-corrected chi connectivity index (χ3v) is 3.01. The van der Waals surface area contributed by atoms with E-state index in [-0.39, 0.29) is 0 Å². The van der Waals surface area contributed by atoms with Crippen LogP contribution in [-0.2, 0) is 16.3 Å². The fraction of sp³-hybridized carbons (Fsp3) is 0.200. The molecule has 1 unspecified atom stereocenters. The van der Waals surface area contributed by atoms with Gasteiger partial charge in [0.1, 0.15) is 0 Å².